The lowest BCUT2D eigenvalue weighted by Gasteiger charge is -2.07. The first-order chi connectivity index (χ1) is 8.65. The minimum atomic E-state index is -0.200. The molecule has 1 aromatic rings. The summed E-state index contributed by atoms with van der Waals surface area (Å²) in [5, 5.41) is 8.51. The van der Waals surface area contributed by atoms with E-state index in [0.29, 0.717) is 6.54 Å². The first-order valence-electron chi connectivity index (χ1n) is 5.97. The van der Waals surface area contributed by atoms with E-state index in [0.717, 1.165) is 18.7 Å². The zero-order chi connectivity index (χ0) is 13.0. The molecule has 96 valence electrons. The Hall–Kier alpha value is -1.88. The van der Waals surface area contributed by atoms with Crippen molar-refractivity contribution in [1.29, 1.82) is 0 Å². The van der Waals surface area contributed by atoms with Crippen LogP contribution in [0.1, 0.15) is 23.6 Å². The van der Waals surface area contributed by atoms with Crippen molar-refractivity contribution in [2.24, 2.45) is 0 Å². The largest absolute Gasteiger partial charge is 0.350 e. The summed E-state index contributed by atoms with van der Waals surface area (Å²) in [4.78, 5) is 22.1. The lowest BCUT2D eigenvalue weighted by atomic mass is 10.1. The molecule has 18 heavy (non-hydrogen) atoms. The van der Waals surface area contributed by atoms with Crippen LogP contribution in [0.15, 0.2) is 18.2 Å². The fraction of sp³-hybridized carbons (Fsp3) is 0.385. The molecule has 0 spiro atoms. The van der Waals surface area contributed by atoms with Crippen molar-refractivity contribution in [3.05, 3.63) is 34.9 Å². The van der Waals surface area contributed by atoms with E-state index >= 15 is 0 Å². The Morgan fingerprint density at radius 2 is 2.00 bits per heavy atom. The number of benzene rings is 1. The highest BCUT2D eigenvalue weighted by molar-refractivity contribution is 5.83. The fourth-order valence-corrected chi connectivity index (χ4v) is 1.93. The van der Waals surface area contributed by atoms with E-state index in [-0.39, 0.29) is 18.4 Å². The maximum atomic E-state index is 11.4. The van der Waals surface area contributed by atoms with Gasteiger partial charge in [-0.3, -0.25) is 9.59 Å². The second-order valence-electron chi connectivity index (χ2n) is 4.39. The molecular formula is C13H17N3O2. The highest BCUT2D eigenvalue weighted by atomic mass is 16.2. The van der Waals surface area contributed by atoms with E-state index in [9.17, 15) is 9.59 Å². The first-order valence-corrected chi connectivity index (χ1v) is 5.97. The Bertz CT molecular complexity index is 471. The predicted octanol–water partition coefficient (Wildman–Crippen LogP) is 0.0421. The Morgan fingerprint density at radius 3 is 2.78 bits per heavy atom. The summed E-state index contributed by atoms with van der Waals surface area (Å²) in [6.45, 7) is 3.72. The van der Waals surface area contributed by atoms with Crippen molar-refractivity contribution in [3.63, 3.8) is 0 Å². The van der Waals surface area contributed by atoms with Crippen LogP contribution in [-0.4, -0.2) is 18.4 Å². The fourth-order valence-electron chi connectivity index (χ4n) is 1.93. The van der Waals surface area contributed by atoms with Gasteiger partial charge >= 0.3 is 0 Å². The summed E-state index contributed by atoms with van der Waals surface area (Å²) in [7, 11) is 0. The lowest BCUT2D eigenvalue weighted by Crippen LogP contribution is -2.35. The summed E-state index contributed by atoms with van der Waals surface area (Å²) < 4.78 is 0. The van der Waals surface area contributed by atoms with E-state index in [1.54, 1.807) is 0 Å². The van der Waals surface area contributed by atoms with Crippen LogP contribution in [0.5, 0.6) is 0 Å². The molecule has 1 aliphatic rings. The SMILES string of the molecule is CC(=O)NCC(=O)NCc1ccc2c(c1)CNC2. The van der Waals surface area contributed by atoms with Gasteiger partial charge in [0.15, 0.2) is 0 Å². The zero-order valence-electron chi connectivity index (χ0n) is 10.4. The highest BCUT2D eigenvalue weighted by Gasteiger charge is 2.10. The molecule has 2 amide bonds. The molecule has 0 fully saturated rings. The van der Waals surface area contributed by atoms with Gasteiger partial charge in [-0.1, -0.05) is 18.2 Å². The number of amides is 2. The molecule has 5 heteroatoms. The van der Waals surface area contributed by atoms with Gasteiger partial charge < -0.3 is 16.0 Å². The predicted molar refractivity (Wildman–Crippen MR) is 67.5 cm³/mol. The summed E-state index contributed by atoms with van der Waals surface area (Å²) in [6.07, 6.45) is 0. The maximum absolute atomic E-state index is 11.4. The molecule has 5 nitrogen and oxygen atoms in total. The van der Waals surface area contributed by atoms with Gasteiger partial charge in [0.1, 0.15) is 0 Å². The molecule has 1 aliphatic heterocycles. The molecule has 3 N–H and O–H groups in total. The second-order valence-corrected chi connectivity index (χ2v) is 4.39. The molecule has 2 rings (SSSR count). The smallest absolute Gasteiger partial charge is 0.239 e. The van der Waals surface area contributed by atoms with E-state index in [4.69, 9.17) is 0 Å². The van der Waals surface area contributed by atoms with Crippen molar-refractivity contribution >= 4 is 11.8 Å². The van der Waals surface area contributed by atoms with Gasteiger partial charge in [0.2, 0.25) is 11.8 Å². The Labute approximate surface area is 106 Å². The molecule has 0 unspecified atom stereocenters. The van der Waals surface area contributed by atoms with E-state index in [1.807, 2.05) is 6.07 Å². The van der Waals surface area contributed by atoms with Crippen molar-refractivity contribution in [1.82, 2.24) is 16.0 Å². The lowest BCUT2D eigenvalue weighted by molar-refractivity contribution is -0.125. The average Bonchev–Trinajstić information content (AvgIpc) is 2.81. The van der Waals surface area contributed by atoms with Crippen LogP contribution in [0.25, 0.3) is 0 Å². The Morgan fingerprint density at radius 1 is 1.22 bits per heavy atom. The van der Waals surface area contributed by atoms with Gasteiger partial charge in [-0.05, 0) is 16.7 Å². The molecule has 0 atom stereocenters. The third-order valence-electron chi connectivity index (χ3n) is 2.89. The van der Waals surface area contributed by atoms with Crippen LogP contribution >= 0.6 is 0 Å². The average molecular weight is 247 g/mol. The molecule has 0 bridgehead atoms. The van der Waals surface area contributed by atoms with E-state index in [1.165, 1.54) is 18.1 Å². The summed E-state index contributed by atoms with van der Waals surface area (Å²) in [5.41, 5.74) is 3.69. The van der Waals surface area contributed by atoms with Crippen LogP contribution in [-0.2, 0) is 29.2 Å². The van der Waals surface area contributed by atoms with Gasteiger partial charge in [-0.2, -0.15) is 0 Å². The van der Waals surface area contributed by atoms with Crippen molar-refractivity contribution in [2.45, 2.75) is 26.6 Å². The minimum Gasteiger partial charge on any atom is -0.350 e. The number of hydrogen-bond acceptors (Lipinski definition) is 3. The first kappa shape index (κ1) is 12.6. The number of carbonyl (C=O) groups excluding carboxylic acids is 2. The van der Waals surface area contributed by atoms with Crippen molar-refractivity contribution in [2.75, 3.05) is 6.54 Å². The minimum absolute atomic E-state index is 0.0296. The number of carbonyl (C=O) groups is 2. The van der Waals surface area contributed by atoms with Crippen LogP contribution in [0.4, 0.5) is 0 Å². The molecule has 1 aromatic carbocycles. The van der Waals surface area contributed by atoms with Gasteiger partial charge in [-0.15, -0.1) is 0 Å². The maximum Gasteiger partial charge on any atom is 0.239 e. The standard InChI is InChI=1S/C13H17N3O2/c1-9(17)15-8-13(18)16-5-10-2-3-11-6-14-7-12(11)4-10/h2-4,14H,5-8H2,1H3,(H,15,17)(H,16,18). The quantitative estimate of drug-likeness (QED) is 0.703. The number of nitrogens with one attached hydrogen (secondary N) is 3. The van der Waals surface area contributed by atoms with Crippen molar-refractivity contribution < 1.29 is 9.59 Å². The number of fused-ring (bicyclic) bond motifs is 1. The van der Waals surface area contributed by atoms with Gasteiger partial charge in [0, 0.05) is 26.6 Å². The van der Waals surface area contributed by atoms with Crippen LogP contribution in [0, 0.1) is 0 Å². The van der Waals surface area contributed by atoms with E-state index in [2.05, 4.69) is 28.1 Å². The van der Waals surface area contributed by atoms with Gasteiger partial charge in [0.25, 0.3) is 0 Å². The normalized spacial score (nSPS) is 12.9. The molecule has 0 saturated heterocycles. The highest BCUT2D eigenvalue weighted by Crippen LogP contribution is 2.16. The summed E-state index contributed by atoms with van der Waals surface area (Å²) in [5.74, 6) is -0.377. The Kier molecular flexibility index (Phi) is 3.94. The second kappa shape index (κ2) is 5.64. The molecular weight excluding hydrogens is 230 g/mol. The summed E-state index contributed by atoms with van der Waals surface area (Å²) >= 11 is 0. The van der Waals surface area contributed by atoms with Crippen molar-refractivity contribution in [3.8, 4) is 0 Å². The number of rotatable bonds is 4. The Balaban J connectivity index is 1.83. The van der Waals surface area contributed by atoms with Gasteiger partial charge in [-0.25, -0.2) is 0 Å². The molecule has 0 aromatic heterocycles. The number of hydrogen-bond donors (Lipinski definition) is 3. The molecule has 0 radical (unpaired) electrons. The topological polar surface area (TPSA) is 70.2 Å². The zero-order valence-corrected chi connectivity index (χ0v) is 10.4. The molecule has 0 aliphatic carbocycles. The molecule has 1 heterocycles. The van der Waals surface area contributed by atoms with E-state index < -0.39 is 0 Å². The molecule has 0 saturated carbocycles. The van der Waals surface area contributed by atoms with Crippen LogP contribution in [0.3, 0.4) is 0 Å². The van der Waals surface area contributed by atoms with Crippen LogP contribution < -0.4 is 16.0 Å². The third-order valence-corrected chi connectivity index (χ3v) is 2.89. The van der Waals surface area contributed by atoms with Gasteiger partial charge in [0.05, 0.1) is 6.54 Å². The summed E-state index contributed by atoms with van der Waals surface area (Å²) in [6, 6.07) is 6.21. The third kappa shape index (κ3) is 3.30. The van der Waals surface area contributed by atoms with Crippen LogP contribution in [0.2, 0.25) is 0 Å². The monoisotopic (exact) mass is 247 g/mol.